The van der Waals surface area contributed by atoms with Crippen molar-refractivity contribution in [2.75, 3.05) is 6.26 Å². The van der Waals surface area contributed by atoms with Crippen LogP contribution in [0.15, 0.2) is 17.8 Å². The highest BCUT2D eigenvalue weighted by Crippen LogP contribution is 2.33. The number of rotatable bonds is 3. The maximum Gasteiger partial charge on any atom is 0.169 e. The van der Waals surface area contributed by atoms with Gasteiger partial charge in [0, 0.05) is 17.8 Å². The molecule has 1 aliphatic rings. The summed E-state index contributed by atoms with van der Waals surface area (Å²) in [6.45, 7) is 9.28. The second kappa shape index (κ2) is 5.26. The lowest BCUT2D eigenvalue weighted by Gasteiger charge is -2.31. The van der Waals surface area contributed by atoms with E-state index >= 15 is 0 Å². The molecule has 0 fully saturated rings. The van der Waals surface area contributed by atoms with Gasteiger partial charge in [0.1, 0.15) is 10.3 Å². The number of ether oxygens (including phenoxy) is 1. The number of allylic oxidation sites excluding steroid dienone is 1. The monoisotopic (exact) mass is 321 g/mol. The van der Waals surface area contributed by atoms with E-state index in [9.17, 15) is 0 Å². The van der Waals surface area contributed by atoms with E-state index in [1.165, 1.54) is 0 Å². The lowest BCUT2D eigenvalue weighted by atomic mass is 9.95. The van der Waals surface area contributed by atoms with Crippen LogP contribution in [0.25, 0.3) is 10.3 Å². The van der Waals surface area contributed by atoms with Crippen molar-refractivity contribution in [2.24, 2.45) is 0 Å². The van der Waals surface area contributed by atoms with Gasteiger partial charge in [-0.1, -0.05) is 17.8 Å². The van der Waals surface area contributed by atoms with Gasteiger partial charge in [-0.3, -0.25) is 5.41 Å². The standard InChI is InChI=1S/C15H19N3OS2/c1-5-6-18-13-12(17-14(18)20-4)11(16)9-7-15(2,3)19-8-10(9)21-13/h5,16H,1,6-8H2,2-4H3. The molecule has 0 radical (unpaired) electrons. The Bertz CT molecular complexity index is 773. The van der Waals surface area contributed by atoms with Gasteiger partial charge in [0.25, 0.3) is 0 Å². The molecule has 0 amide bonds. The zero-order valence-electron chi connectivity index (χ0n) is 12.5. The van der Waals surface area contributed by atoms with Gasteiger partial charge in [-0.05, 0) is 25.7 Å². The molecule has 2 aromatic rings. The van der Waals surface area contributed by atoms with E-state index in [1.807, 2.05) is 12.3 Å². The molecule has 0 saturated carbocycles. The Morgan fingerprint density at radius 2 is 2.33 bits per heavy atom. The number of nitrogens with zero attached hydrogens (tertiary/aromatic N) is 2. The Morgan fingerprint density at radius 3 is 3.00 bits per heavy atom. The summed E-state index contributed by atoms with van der Waals surface area (Å²) in [6.07, 6.45) is 4.66. The zero-order valence-corrected chi connectivity index (χ0v) is 14.2. The fourth-order valence-electron chi connectivity index (χ4n) is 2.63. The van der Waals surface area contributed by atoms with Crippen molar-refractivity contribution in [1.29, 1.82) is 5.41 Å². The summed E-state index contributed by atoms with van der Waals surface area (Å²) in [7, 11) is 0. The van der Waals surface area contributed by atoms with E-state index in [0.29, 0.717) is 18.5 Å². The Kier molecular flexibility index (Phi) is 3.71. The van der Waals surface area contributed by atoms with Gasteiger partial charge in [0.15, 0.2) is 5.16 Å². The Hall–Kier alpha value is -1.11. The fraction of sp³-hybridized carbons (Fsp3) is 0.467. The van der Waals surface area contributed by atoms with E-state index in [-0.39, 0.29) is 5.60 Å². The van der Waals surface area contributed by atoms with Crippen LogP contribution in [0.2, 0.25) is 0 Å². The van der Waals surface area contributed by atoms with Gasteiger partial charge < -0.3 is 9.30 Å². The number of hydrogen-bond acceptors (Lipinski definition) is 5. The normalized spacial score (nSPS) is 16.9. The SMILES string of the molecule is C=CCn1c(SC)nc2c(=N)c3c(sc21)COC(C)(C)C3. The van der Waals surface area contributed by atoms with E-state index in [0.717, 1.165) is 32.4 Å². The highest BCUT2D eigenvalue weighted by atomic mass is 32.2. The summed E-state index contributed by atoms with van der Waals surface area (Å²) < 4.78 is 8.04. The second-order valence-electron chi connectivity index (χ2n) is 5.76. The minimum Gasteiger partial charge on any atom is -0.370 e. The number of thioether (sulfide) groups is 1. The molecule has 3 heterocycles. The second-order valence-corrected chi connectivity index (χ2v) is 7.61. The van der Waals surface area contributed by atoms with Crippen LogP contribution in [0, 0.1) is 5.41 Å². The molecule has 0 unspecified atom stereocenters. The quantitative estimate of drug-likeness (QED) is 0.697. The Labute approximate surface area is 132 Å². The number of fused-ring (bicyclic) bond motifs is 2. The van der Waals surface area contributed by atoms with Crippen molar-refractivity contribution < 1.29 is 4.74 Å². The van der Waals surface area contributed by atoms with E-state index < -0.39 is 0 Å². The average Bonchev–Trinajstić information content (AvgIpc) is 2.79. The number of aromatic nitrogens is 2. The molecule has 0 bridgehead atoms. The molecule has 112 valence electrons. The highest BCUT2D eigenvalue weighted by Gasteiger charge is 2.29. The first kappa shape index (κ1) is 14.8. The van der Waals surface area contributed by atoms with Gasteiger partial charge in [0.2, 0.25) is 0 Å². The number of nitrogens with one attached hydrogen (secondary N) is 1. The van der Waals surface area contributed by atoms with Crippen molar-refractivity contribution in [2.45, 2.75) is 44.2 Å². The smallest absolute Gasteiger partial charge is 0.169 e. The molecule has 3 rings (SSSR count). The van der Waals surface area contributed by atoms with Crippen LogP contribution in [-0.4, -0.2) is 21.4 Å². The molecule has 1 N–H and O–H groups in total. The third kappa shape index (κ3) is 2.45. The van der Waals surface area contributed by atoms with Crippen LogP contribution in [0.4, 0.5) is 0 Å². The lowest BCUT2D eigenvalue weighted by molar-refractivity contribution is -0.0387. The van der Waals surface area contributed by atoms with Gasteiger partial charge in [0.05, 0.1) is 17.6 Å². The molecule has 0 aliphatic carbocycles. The molecule has 21 heavy (non-hydrogen) atoms. The highest BCUT2D eigenvalue weighted by molar-refractivity contribution is 7.98. The summed E-state index contributed by atoms with van der Waals surface area (Å²) in [5.74, 6) is 0. The van der Waals surface area contributed by atoms with Crippen LogP contribution < -0.4 is 5.36 Å². The Balaban J connectivity index is 2.28. The van der Waals surface area contributed by atoms with E-state index in [4.69, 9.17) is 10.1 Å². The maximum absolute atomic E-state index is 8.55. The molecule has 6 heteroatoms. The summed E-state index contributed by atoms with van der Waals surface area (Å²) in [5, 5.41) is 10.1. The first-order chi connectivity index (χ1) is 9.96. The summed E-state index contributed by atoms with van der Waals surface area (Å²) >= 11 is 3.31. The summed E-state index contributed by atoms with van der Waals surface area (Å²) in [4.78, 5) is 6.87. The van der Waals surface area contributed by atoms with Crippen LogP contribution in [-0.2, 0) is 24.3 Å². The molecule has 0 saturated heterocycles. The molecular weight excluding hydrogens is 302 g/mol. The summed E-state index contributed by atoms with van der Waals surface area (Å²) in [5.41, 5.74) is 1.71. The van der Waals surface area contributed by atoms with Crippen molar-refractivity contribution >= 4 is 33.4 Å². The van der Waals surface area contributed by atoms with Crippen LogP contribution in [0.3, 0.4) is 0 Å². The summed E-state index contributed by atoms with van der Waals surface area (Å²) in [6, 6.07) is 0. The predicted molar refractivity (Wildman–Crippen MR) is 88.0 cm³/mol. The molecule has 0 spiro atoms. The average molecular weight is 321 g/mol. The third-order valence-electron chi connectivity index (χ3n) is 3.67. The first-order valence-corrected chi connectivity index (χ1v) is 8.89. The van der Waals surface area contributed by atoms with Crippen molar-refractivity contribution in [1.82, 2.24) is 9.55 Å². The molecule has 1 aliphatic heterocycles. The molecule has 0 aromatic carbocycles. The minimum atomic E-state index is -0.199. The van der Waals surface area contributed by atoms with Gasteiger partial charge in [-0.15, -0.1) is 17.9 Å². The van der Waals surface area contributed by atoms with Gasteiger partial charge in [-0.25, -0.2) is 4.98 Å². The van der Waals surface area contributed by atoms with E-state index in [2.05, 4.69) is 30.0 Å². The van der Waals surface area contributed by atoms with Crippen LogP contribution in [0.1, 0.15) is 24.3 Å². The zero-order chi connectivity index (χ0) is 15.2. The van der Waals surface area contributed by atoms with Gasteiger partial charge in [-0.2, -0.15) is 0 Å². The van der Waals surface area contributed by atoms with Crippen molar-refractivity contribution in [3.63, 3.8) is 0 Å². The molecular formula is C15H19N3OS2. The lowest BCUT2D eigenvalue weighted by Crippen LogP contribution is -2.34. The molecule has 2 aromatic heterocycles. The largest absolute Gasteiger partial charge is 0.370 e. The van der Waals surface area contributed by atoms with Crippen molar-refractivity contribution in [3.8, 4) is 0 Å². The topological polar surface area (TPSA) is 50.9 Å². The third-order valence-corrected chi connectivity index (χ3v) is 5.57. The Morgan fingerprint density at radius 1 is 1.57 bits per heavy atom. The maximum atomic E-state index is 8.55. The molecule has 0 atom stereocenters. The first-order valence-electron chi connectivity index (χ1n) is 6.85. The number of hydrogen-bond donors (Lipinski definition) is 1. The fourth-order valence-corrected chi connectivity index (χ4v) is 4.42. The number of imidazole rings is 1. The van der Waals surface area contributed by atoms with E-state index in [1.54, 1.807) is 23.1 Å². The predicted octanol–water partition coefficient (Wildman–Crippen LogP) is 3.34. The van der Waals surface area contributed by atoms with Gasteiger partial charge >= 0.3 is 0 Å². The van der Waals surface area contributed by atoms with Crippen LogP contribution >= 0.6 is 23.1 Å². The minimum absolute atomic E-state index is 0.199. The molecule has 4 nitrogen and oxygen atoms in total. The van der Waals surface area contributed by atoms with Crippen LogP contribution in [0.5, 0.6) is 0 Å². The van der Waals surface area contributed by atoms with Crippen molar-refractivity contribution in [3.05, 3.63) is 28.5 Å².